The molecule has 3 aromatic carbocycles. The summed E-state index contributed by atoms with van der Waals surface area (Å²) in [4.78, 5) is 28.9. The van der Waals surface area contributed by atoms with Gasteiger partial charge in [-0.2, -0.15) is 0 Å². The Morgan fingerprint density at radius 2 is 1.51 bits per heavy atom. The van der Waals surface area contributed by atoms with E-state index in [2.05, 4.69) is 5.32 Å². The Hall–Kier alpha value is -2.78. The Morgan fingerprint density at radius 1 is 0.902 bits per heavy atom. The van der Waals surface area contributed by atoms with E-state index in [1.165, 1.54) is 35.2 Å². The lowest BCUT2D eigenvalue weighted by molar-refractivity contribution is -0.140. The van der Waals surface area contributed by atoms with Crippen molar-refractivity contribution < 1.29 is 18.0 Å². The Balaban J connectivity index is 2.10. The molecule has 0 aliphatic heterocycles. The molecule has 1 N–H and O–H groups in total. The minimum atomic E-state index is -4.25. The standard InChI is InChI=1S/C30H34Cl3N3O4S/c1-5-21(4)34-30(38)28(6-2)35(18-22-9-7-8-10-27(22)33)29(37)19-36(25-16-23(31)15-24(32)17-25)41(39,40)26-13-11-20(3)12-14-26/h7-17,21,28H,5-6,18-19H2,1-4H3,(H,34,38)/t21-,28-/m0/s1. The van der Waals surface area contributed by atoms with E-state index in [0.717, 1.165) is 9.87 Å². The van der Waals surface area contributed by atoms with Crippen LogP contribution in [-0.4, -0.2) is 43.8 Å². The number of benzene rings is 3. The molecule has 11 heteroatoms. The van der Waals surface area contributed by atoms with E-state index in [1.54, 1.807) is 43.3 Å². The van der Waals surface area contributed by atoms with Gasteiger partial charge in [0, 0.05) is 27.7 Å². The van der Waals surface area contributed by atoms with Gasteiger partial charge in [0.15, 0.2) is 0 Å². The molecule has 0 saturated heterocycles. The van der Waals surface area contributed by atoms with Crippen molar-refractivity contribution in [3.63, 3.8) is 0 Å². The molecule has 0 aliphatic carbocycles. The number of rotatable bonds is 12. The van der Waals surface area contributed by atoms with E-state index in [9.17, 15) is 18.0 Å². The summed E-state index contributed by atoms with van der Waals surface area (Å²) < 4.78 is 28.9. The molecule has 0 bridgehead atoms. The van der Waals surface area contributed by atoms with Gasteiger partial charge >= 0.3 is 0 Å². The molecule has 3 aromatic rings. The number of hydrogen-bond donors (Lipinski definition) is 1. The monoisotopic (exact) mass is 637 g/mol. The van der Waals surface area contributed by atoms with Crippen molar-refractivity contribution >= 4 is 62.3 Å². The average molecular weight is 639 g/mol. The minimum absolute atomic E-state index is 0.000337. The second-order valence-corrected chi connectivity index (χ2v) is 12.9. The molecule has 0 heterocycles. The number of sulfonamides is 1. The SMILES string of the molecule is CC[C@H](C)NC(=O)[C@H](CC)N(Cc1ccccc1Cl)C(=O)CN(c1cc(Cl)cc(Cl)c1)S(=O)(=O)c1ccc(C)cc1. The predicted octanol–water partition coefficient (Wildman–Crippen LogP) is 6.87. The fourth-order valence-corrected chi connectivity index (χ4v) is 6.33. The average Bonchev–Trinajstić information content (AvgIpc) is 2.92. The zero-order chi connectivity index (χ0) is 30.3. The molecule has 0 radical (unpaired) electrons. The van der Waals surface area contributed by atoms with Crippen molar-refractivity contribution in [3.05, 3.63) is 92.9 Å². The van der Waals surface area contributed by atoms with Crippen molar-refractivity contribution in [2.45, 2.75) is 64.1 Å². The molecule has 0 saturated carbocycles. The number of hydrogen-bond acceptors (Lipinski definition) is 4. The molecule has 0 unspecified atom stereocenters. The number of halogens is 3. The van der Waals surface area contributed by atoms with Crippen LogP contribution in [0.5, 0.6) is 0 Å². The summed E-state index contributed by atoms with van der Waals surface area (Å²) in [6, 6.07) is 16.7. The Kier molecular flexibility index (Phi) is 11.5. The Morgan fingerprint density at radius 3 is 2.07 bits per heavy atom. The summed E-state index contributed by atoms with van der Waals surface area (Å²) in [6.45, 7) is 6.86. The van der Waals surface area contributed by atoms with Crippen LogP contribution in [0.1, 0.15) is 44.7 Å². The fourth-order valence-electron chi connectivity index (χ4n) is 4.22. The Labute approximate surface area is 257 Å². The normalized spacial score (nSPS) is 12.9. The summed E-state index contributed by atoms with van der Waals surface area (Å²) >= 11 is 18.9. The number of carbonyl (C=O) groups excluding carboxylic acids is 2. The van der Waals surface area contributed by atoms with Crippen LogP contribution in [0.15, 0.2) is 71.6 Å². The van der Waals surface area contributed by atoms with Crippen LogP contribution in [0.25, 0.3) is 0 Å². The molecule has 0 fully saturated rings. The first kappa shape index (κ1) is 32.7. The van der Waals surface area contributed by atoms with Gasteiger partial charge in [0.1, 0.15) is 12.6 Å². The van der Waals surface area contributed by atoms with Gasteiger partial charge in [-0.25, -0.2) is 8.42 Å². The highest BCUT2D eigenvalue weighted by atomic mass is 35.5. The van der Waals surface area contributed by atoms with Crippen molar-refractivity contribution in [1.82, 2.24) is 10.2 Å². The lowest BCUT2D eigenvalue weighted by Crippen LogP contribution is -2.53. The van der Waals surface area contributed by atoms with Crippen LogP contribution in [-0.2, 0) is 26.2 Å². The molecule has 0 aliphatic rings. The molecule has 0 spiro atoms. The van der Waals surface area contributed by atoms with Crippen LogP contribution < -0.4 is 9.62 Å². The third-order valence-corrected chi connectivity index (χ3v) is 9.30. The molecular formula is C30H34Cl3N3O4S. The van der Waals surface area contributed by atoms with Crippen LogP contribution in [0, 0.1) is 6.92 Å². The smallest absolute Gasteiger partial charge is 0.264 e. The number of aryl methyl sites for hydroxylation is 1. The molecule has 3 rings (SSSR count). The van der Waals surface area contributed by atoms with E-state index in [0.29, 0.717) is 23.4 Å². The molecule has 7 nitrogen and oxygen atoms in total. The largest absolute Gasteiger partial charge is 0.352 e. The minimum Gasteiger partial charge on any atom is -0.352 e. The zero-order valence-corrected chi connectivity index (χ0v) is 26.5. The predicted molar refractivity (Wildman–Crippen MR) is 166 cm³/mol. The number of carbonyl (C=O) groups is 2. The number of anilines is 1. The highest BCUT2D eigenvalue weighted by Crippen LogP contribution is 2.30. The molecular weight excluding hydrogens is 605 g/mol. The van der Waals surface area contributed by atoms with Crippen LogP contribution >= 0.6 is 34.8 Å². The summed E-state index contributed by atoms with van der Waals surface area (Å²) in [7, 11) is -4.25. The third-order valence-electron chi connectivity index (χ3n) is 6.71. The van der Waals surface area contributed by atoms with E-state index in [4.69, 9.17) is 34.8 Å². The van der Waals surface area contributed by atoms with Gasteiger partial charge < -0.3 is 10.2 Å². The van der Waals surface area contributed by atoms with E-state index in [1.807, 2.05) is 20.8 Å². The van der Waals surface area contributed by atoms with Gasteiger partial charge in [0.05, 0.1) is 10.6 Å². The number of nitrogens with zero attached hydrogens (tertiary/aromatic N) is 2. The summed E-state index contributed by atoms with van der Waals surface area (Å²) in [5.41, 5.74) is 1.61. The van der Waals surface area contributed by atoms with Crippen LogP contribution in [0.4, 0.5) is 5.69 Å². The molecule has 0 aromatic heterocycles. The second kappa shape index (κ2) is 14.4. The topological polar surface area (TPSA) is 86.8 Å². The maximum Gasteiger partial charge on any atom is 0.264 e. The van der Waals surface area contributed by atoms with Crippen molar-refractivity contribution in [3.8, 4) is 0 Å². The van der Waals surface area contributed by atoms with Crippen LogP contribution in [0.2, 0.25) is 15.1 Å². The first-order valence-electron chi connectivity index (χ1n) is 13.3. The van der Waals surface area contributed by atoms with Gasteiger partial charge in [-0.3, -0.25) is 13.9 Å². The first-order valence-corrected chi connectivity index (χ1v) is 15.8. The van der Waals surface area contributed by atoms with E-state index >= 15 is 0 Å². The lowest BCUT2D eigenvalue weighted by atomic mass is 10.1. The van der Waals surface area contributed by atoms with Crippen molar-refractivity contribution in [2.24, 2.45) is 0 Å². The molecule has 2 atom stereocenters. The van der Waals surface area contributed by atoms with Gasteiger partial charge in [0.2, 0.25) is 11.8 Å². The maximum atomic E-state index is 14.1. The van der Waals surface area contributed by atoms with Crippen molar-refractivity contribution in [1.29, 1.82) is 0 Å². The fraction of sp³-hybridized carbons (Fsp3) is 0.333. The van der Waals surface area contributed by atoms with Gasteiger partial charge in [-0.1, -0.05) is 84.5 Å². The first-order chi connectivity index (χ1) is 19.4. The highest BCUT2D eigenvalue weighted by Gasteiger charge is 2.34. The quantitative estimate of drug-likeness (QED) is 0.235. The van der Waals surface area contributed by atoms with E-state index in [-0.39, 0.29) is 39.1 Å². The maximum absolute atomic E-state index is 14.1. The second-order valence-electron chi connectivity index (χ2n) is 9.81. The van der Waals surface area contributed by atoms with Gasteiger partial charge in [-0.05, 0) is 68.7 Å². The van der Waals surface area contributed by atoms with Crippen molar-refractivity contribution in [2.75, 3.05) is 10.8 Å². The summed E-state index contributed by atoms with van der Waals surface area (Å²) in [6.07, 6.45) is 1.00. The van der Waals surface area contributed by atoms with E-state index < -0.39 is 28.5 Å². The van der Waals surface area contributed by atoms with Gasteiger partial charge in [-0.15, -0.1) is 0 Å². The third kappa shape index (κ3) is 8.38. The number of amides is 2. The number of nitrogens with one attached hydrogen (secondary N) is 1. The molecule has 41 heavy (non-hydrogen) atoms. The summed E-state index contributed by atoms with van der Waals surface area (Å²) in [5.74, 6) is -0.927. The highest BCUT2D eigenvalue weighted by molar-refractivity contribution is 7.92. The molecule has 220 valence electrons. The zero-order valence-electron chi connectivity index (χ0n) is 23.4. The summed E-state index contributed by atoms with van der Waals surface area (Å²) in [5, 5.41) is 3.78. The van der Waals surface area contributed by atoms with Gasteiger partial charge in [0.25, 0.3) is 10.0 Å². The molecule has 2 amide bonds. The lowest BCUT2D eigenvalue weighted by Gasteiger charge is -2.34. The Bertz CT molecular complexity index is 1460. The van der Waals surface area contributed by atoms with Crippen LogP contribution in [0.3, 0.4) is 0 Å².